The van der Waals surface area contributed by atoms with Gasteiger partial charge in [0.05, 0.1) is 46.2 Å². The summed E-state index contributed by atoms with van der Waals surface area (Å²) >= 11 is 0. The van der Waals surface area contributed by atoms with Gasteiger partial charge in [-0.1, -0.05) is 36.4 Å². The van der Waals surface area contributed by atoms with E-state index in [1.807, 2.05) is 24.3 Å². The molecule has 0 radical (unpaired) electrons. The van der Waals surface area contributed by atoms with Crippen molar-refractivity contribution >= 4 is 35.0 Å². The second-order valence-corrected chi connectivity index (χ2v) is 15.1. The zero-order valence-electron chi connectivity index (χ0n) is 29.3. The lowest BCUT2D eigenvalue weighted by Gasteiger charge is -2.19. The van der Waals surface area contributed by atoms with Crippen molar-refractivity contribution < 1.29 is 63.8 Å². The van der Waals surface area contributed by atoms with Crippen LogP contribution in [0.5, 0.6) is 23.0 Å². The number of imide groups is 2. The minimum atomic E-state index is -2.49. The summed E-state index contributed by atoms with van der Waals surface area (Å²) in [6.07, 6.45) is 8.79. The zero-order valence-corrected chi connectivity index (χ0v) is 29.3. The van der Waals surface area contributed by atoms with Gasteiger partial charge in [-0.15, -0.1) is 0 Å². The number of hydrogen-bond acceptors (Lipinski definition) is 6. The smallest absolute Gasteiger partial charge is 0.238 e. The van der Waals surface area contributed by atoms with E-state index >= 15 is 35.1 Å². The number of rotatable bonds is 7. The third-order valence-electron chi connectivity index (χ3n) is 12.2. The van der Waals surface area contributed by atoms with Gasteiger partial charge in [0.15, 0.2) is 23.3 Å². The molecule has 0 aromatic heterocycles. The number of benzene rings is 4. The molecule has 2 aliphatic heterocycles. The molecule has 4 aromatic rings. The van der Waals surface area contributed by atoms with E-state index in [-0.39, 0.29) is 35.0 Å². The van der Waals surface area contributed by atoms with Crippen molar-refractivity contribution in [1.82, 2.24) is 0 Å². The lowest BCUT2D eigenvalue weighted by Crippen LogP contribution is -2.32. The number of amides is 4. The average Bonchev–Trinajstić information content (AvgIpc) is 4.08. The minimum Gasteiger partial charge on any atom is -0.451 e. The molecule has 0 N–H and O–H groups in total. The third kappa shape index (κ3) is 4.86. The predicted octanol–water partition coefficient (Wildman–Crippen LogP) is 8.67. The number of nitrogens with zero attached hydrogens (tertiary/aromatic N) is 2. The Labute approximate surface area is 321 Å². The van der Waals surface area contributed by atoms with Crippen molar-refractivity contribution in [3.05, 3.63) is 119 Å². The molecule has 4 aromatic carbocycles. The topological polar surface area (TPSA) is 93.2 Å². The molecule has 58 heavy (non-hydrogen) atoms. The standard InChI is InChI=1S/C42H24F8N2O6/c43-29-27(30(44)34(48)37(33(29)47)57-21-5-1-3-19(13-21)51-39(53)23-15-7-8-16(11-15)24(23)40(51)54)28-31(45)35(49)38(36(50)32(28)46)58-22-6-2-4-20(14-22)52-41(55)25-17-9-10-18(12-17)26(25)42(52)56/h1-10,13-18,23-26H,11-12H2/t15-,16-,17-,18+,23-,24+,25-,26-/m0/s1. The molecule has 16 heteroatoms. The number of carbonyl (C=O) groups excluding carboxylic acids is 4. The van der Waals surface area contributed by atoms with Crippen LogP contribution in [0, 0.1) is 93.9 Å². The van der Waals surface area contributed by atoms with Crippen molar-refractivity contribution in [1.29, 1.82) is 0 Å². The van der Waals surface area contributed by atoms with Crippen LogP contribution in [0.15, 0.2) is 72.8 Å². The predicted molar refractivity (Wildman–Crippen MR) is 185 cm³/mol. The second-order valence-electron chi connectivity index (χ2n) is 15.1. The summed E-state index contributed by atoms with van der Waals surface area (Å²) in [5.41, 5.74) is -4.43. The number of anilines is 2. The number of hydrogen-bond donors (Lipinski definition) is 0. The molecule has 4 fully saturated rings. The van der Waals surface area contributed by atoms with Gasteiger partial charge in [-0.2, -0.15) is 17.6 Å². The zero-order chi connectivity index (χ0) is 40.6. The van der Waals surface area contributed by atoms with E-state index in [9.17, 15) is 19.2 Å². The number of fused-ring (bicyclic) bond motifs is 10. The Bertz CT molecular complexity index is 2350. The summed E-state index contributed by atoms with van der Waals surface area (Å²) in [5.74, 6) is -28.8. The van der Waals surface area contributed by atoms with Crippen LogP contribution in [0.25, 0.3) is 11.1 Å². The summed E-state index contributed by atoms with van der Waals surface area (Å²) in [5, 5.41) is 0. The maximum absolute atomic E-state index is 15.6. The first-order valence-electron chi connectivity index (χ1n) is 18.2. The number of carbonyl (C=O) groups is 4. The van der Waals surface area contributed by atoms with Gasteiger partial charge in [0.1, 0.15) is 11.5 Å². The van der Waals surface area contributed by atoms with E-state index in [2.05, 4.69) is 0 Å². The molecule has 2 saturated heterocycles. The van der Waals surface area contributed by atoms with E-state index in [4.69, 9.17) is 9.47 Å². The van der Waals surface area contributed by atoms with E-state index in [1.54, 1.807) is 0 Å². The normalized spacial score (nSPS) is 27.4. The van der Waals surface area contributed by atoms with Crippen LogP contribution in [-0.2, 0) is 19.2 Å². The van der Waals surface area contributed by atoms with Crippen molar-refractivity contribution in [3.8, 4) is 34.1 Å². The maximum Gasteiger partial charge on any atom is 0.238 e. The fraction of sp³-hybridized carbons (Fsp3) is 0.238. The highest BCUT2D eigenvalue weighted by Gasteiger charge is 2.61. The van der Waals surface area contributed by atoms with Gasteiger partial charge in [-0.05, 0) is 60.8 Å². The van der Waals surface area contributed by atoms with Gasteiger partial charge >= 0.3 is 0 Å². The van der Waals surface area contributed by atoms with Gasteiger partial charge in [0, 0.05) is 12.1 Å². The van der Waals surface area contributed by atoms with Gasteiger partial charge in [0.2, 0.25) is 58.4 Å². The largest absolute Gasteiger partial charge is 0.451 e. The first-order valence-corrected chi connectivity index (χ1v) is 18.2. The van der Waals surface area contributed by atoms with Gasteiger partial charge < -0.3 is 9.47 Å². The van der Waals surface area contributed by atoms with Crippen molar-refractivity contribution in [2.75, 3.05) is 9.80 Å². The summed E-state index contributed by atoms with van der Waals surface area (Å²) in [6.45, 7) is 0. The molecule has 0 spiro atoms. The highest BCUT2D eigenvalue weighted by atomic mass is 19.2. The van der Waals surface area contributed by atoms with Crippen molar-refractivity contribution in [2.24, 2.45) is 47.3 Å². The highest BCUT2D eigenvalue weighted by molar-refractivity contribution is 6.23. The van der Waals surface area contributed by atoms with Crippen LogP contribution in [0.4, 0.5) is 46.5 Å². The molecule has 2 saturated carbocycles. The summed E-state index contributed by atoms with van der Waals surface area (Å²) in [7, 11) is 0. The lowest BCUT2D eigenvalue weighted by atomic mass is 9.85. The molecule has 0 unspecified atom stereocenters. The first kappa shape index (κ1) is 36.0. The number of halogens is 8. The number of ether oxygens (including phenoxy) is 2. The Morgan fingerprint density at radius 2 is 0.724 bits per heavy atom. The van der Waals surface area contributed by atoms with Crippen LogP contribution < -0.4 is 19.3 Å². The van der Waals surface area contributed by atoms with E-state index in [0.717, 1.165) is 34.1 Å². The Morgan fingerprint density at radius 3 is 1.02 bits per heavy atom. The van der Waals surface area contributed by atoms with Crippen LogP contribution in [-0.4, -0.2) is 23.6 Å². The maximum atomic E-state index is 15.6. The monoisotopic (exact) mass is 804 g/mol. The summed E-state index contributed by atoms with van der Waals surface area (Å²) < 4.78 is 134. The van der Waals surface area contributed by atoms with Gasteiger partial charge in [-0.3, -0.25) is 19.2 Å². The van der Waals surface area contributed by atoms with Gasteiger partial charge in [-0.25, -0.2) is 27.4 Å². The lowest BCUT2D eigenvalue weighted by molar-refractivity contribution is -0.124. The summed E-state index contributed by atoms with van der Waals surface area (Å²) in [4.78, 5) is 54.7. The molecule has 2 heterocycles. The fourth-order valence-corrected chi connectivity index (χ4v) is 9.76. The first-order chi connectivity index (χ1) is 27.8. The molecule has 10 rings (SSSR count). The van der Waals surface area contributed by atoms with Gasteiger partial charge in [0.25, 0.3) is 0 Å². The van der Waals surface area contributed by atoms with Crippen molar-refractivity contribution in [2.45, 2.75) is 12.8 Å². The molecule has 4 bridgehead atoms. The SMILES string of the molecule is O=C1[C@@H]2[C@@H](C(=O)N1c1cccc(Oc3c(F)c(F)c(-c4c(F)c(F)c(Oc5cccc(N6C(=O)[C@@H]7[C@H](C6=O)[C@H]6C=C[C@H]7C6)c5)c(F)c4F)c(F)c3F)c1)[C@H]1C=C[C@@H]2C1. The molecule has 294 valence electrons. The van der Waals surface area contributed by atoms with Crippen LogP contribution >= 0.6 is 0 Å². The van der Waals surface area contributed by atoms with E-state index in [0.29, 0.717) is 12.8 Å². The Kier molecular flexibility index (Phi) is 7.82. The Hall–Kier alpha value is -6.32. The highest BCUT2D eigenvalue weighted by Crippen LogP contribution is 2.55. The fourth-order valence-electron chi connectivity index (χ4n) is 9.76. The molecular formula is C42H24F8N2O6. The number of allylic oxidation sites excluding steroid dienone is 4. The molecule has 6 aliphatic rings. The quantitative estimate of drug-likeness (QED) is 0.0804. The molecule has 8 nitrogen and oxygen atoms in total. The Morgan fingerprint density at radius 1 is 0.431 bits per heavy atom. The van der Waals surface area contributed by atoms with Crippen LogP contribution in [0.1, 0.15) is 12.8 Å². The molecule has 4 amide bonds. The van der Waals surface area contributed by atoms with Crippen LogP contribution in [0.2, 0.25) is 0 Å². The molecule has 4 aliphatic carbocycles. The Balaban J connectivity index is 0.938. The van der Waals surface area contributed by atoms with Crippen LogP contribution in [0.3, 0.4) is 0 Å². The third-order valence-corrected chi connectivity index (χ3v) is 12.2. The van der Waals surface area contributed by atoms with Crippen molar-refractivity contribution in [3.63, 3.8) is 0 Å². The minimum absolute atomic E-state index is 0.0617. The summed E-state index contributed by atoms with van der Waals surface area (Å²) in [6, 6.07) is 9.31. The van der Waals surface area contributed by atoms with E-state index < -0.39 is 128 Å². The molecular weight excluding hydrogens is 780 g/mol. The second kappa shape index (κ2) is 12.6. The molecule has 8 atom stereocenters. The van der Waals surface area contributed by atoms with E-state index in [1.165, 1.54) is 24.3 Å². The average molecular weight is 805 g/mol.